The van der Waals surface area contributed by atoms with Crippen LogP contribution >= 0.6 is 0 Å². The number of nitrogens with one attached hydrogen (secondary N) is 2. The minimum absolute atomic E-state index is 0.123. The predicted octanol–water partition coefficient (Wildman–Crippen LogP) is 1.29. The van der Waals surface area contributed by atoms with Crippen molar-refractivity contribution in [2.24, 2.45) is 4.99 Å². The molecular formula is C19H11N3O5. The van der Waals surface area contributed by atoms with Gasteiger partial charge in [0.05, 0.1) is 11.3 Å². The maximum atomic E-state index is 12.9. The summed E-state index contributed by atoms with van der Waals surface area (Å²) in [6.45, 7) is 0. The predicted molar refractivity (Wildman–Crippen MR) is 96.4 cm³/mol. The summed E-state index contributed by atoms with van der Waals surface area (Å²) in [5, 5.41) is 9.72. The largest absolute Gasteiger partial charge is 0.494 e. The van der Waals surface area contributed by atoms with E-state index in [1.54, 1.807) is 30.3 Å². The Bertz CT molecular complexity index is 1270. The van der Waals surface area contributed by atoms with Gasteiger partial charge in [-0.25, -0.2) is 4.79 Å². The highest BCUT2D eigenvalue weighted by Crippen LogP contribution is 2.33. The number of carbonyl (C=O) groups is 2. The molecule has 3 N–H and O–H groups in total. The first-order valence-electron chi connectivity index (χ1n) is 7.88. The zero-order valence-electron chi connectivity index (χ0n) is 13.6. The molecule has 0 bridgehead atoms. The Morgan fingerprint density at radius 2 is 1.48 bits per heavy atom. The van der Waals surface area contributed by atoms with Crippen molar-refractivity contribution >= 4 is 23.5 Å². The third-order valence-corrected chi connectivity index (χ3v) is 4.22. The van der Waals surface area contributed by atoms with Crippen LogP contribution < -0.4 is 11.2 Å². The third-order valence-electron chi connectivity index (χ3n) is 4.22. The number of ketones is 2. The van der Waals surface area contributed by atoms with Gasteiger partial charge >= 0.3 is 5.69 Å². The van der Waals surface area contributed by atoms with Crippen LogP contribution in [0.15, 0.2) is 57.0 Å². The van der Waals surface area contributed by atoms with E-state index in [4.69, 9.17) is 0 Å². The highest BCUT2D eigenvalue weighted by atomic mass is 16.3. The molecule has 0 atom stereocenters. The van der Waals surface area contributed by atoms with Crippen molar-refractivity contribution in [1.82, 2.24) is 9.97 Å². The van der Waals surface area contributed by atoms with Crippen molar-refractivity contribution in [1.29, 1.82) is 0 Å². The SMILES string of the molecule is O=C1c2ccccc2C(=O)c2c(N=Cc3c(O)[nH]c(=O)[nH]c3=O)cccc21. The van der Waals surface area contributed by atoms with E-state index in [9.17, 15) is 24.3 Å². The summed E-state index contributed by atoms with van der Waals surface area (Å²) in [6, 6.07) is 11.1. The molecule has 3 aromatic rings. The maximum absolute atomic E-state index is 12.9. The lowest BCUT2D eigenvalue weighted by Crippen LogP contribution is -2.24. The molecule has 0 saturated carbocycles. The molecule has 132 valence electrons. The van der Waals surface area contributed by atoms with E-state index in [0.717, 1.165) is 6.21 Å². The fourth-order valence-corrected chi connectivity index (χ4v) is 2.97. The van der Waals surface area contributed by atoms with Gasteiger partial charge in [-0.1, -0.05) is 36.4 Å². The average Bonchev–Trinajstić information content (AvgIpc) is 2.65. The number of aromatic amines is 2. The van der Waals surface area contributed by atoms with Crippen LogP contribution in [0.3, 0.4) is 0 Å². The van der Waals surface area contributed by atoms with Crippen molar-refractivity contribution in [3.8, 4) is 5.88 Å². The number of H-pyrrole nitrogens is 2. The van der Waals surface area contributed by atoms with Gasteiger partial charge in [-0.15, -0.1) is 0 Å². The molecule has 2 aromatic carbocycles. The molecule has 0 spiro atoms. The topological polar surface area (TPSA) is 132 Å². The third kappa shape index (κ3) is 2.60. The molecule has 0 radical (unpaired) electrons. The van der Waals surface area contributed by atoms with E-state index >= 15 is 0 Å². The molecule has 0 amide bonds. The fraction of sp³-hybridized carbons (Fsp3) is 0. The number of aromatic nitrogens is 2. The molecule has 1 aromatic heterocycles. The smallest absolute Gasteiger partial charge is 0.328 e. The number of fused-ring (bicyclic) bond motifs is 2. The van der Waals surface area contributed by atoms with Crippen LogP contribution in [0, 0.1) is 0 Å². The Morgan fingerprint density at radius 3 is 2.19 bits per heavy atom. The van der Waals surface area contributed by atoms with Crippen LogP contribution in [0.4, 0.5) is 5.69 Å². The molecule has 1 aliphatic carbocycles. The molecule has 1 aliphatic rings. The van der Waals surface area contributed by atoms with Crippen molar-refractivity contribution in [2.75, 3.05) is 0 Å². The van der Waals surface area contributed by atoms with E-state index in [2.05, 4.69) is 4.99 Å². The number of aliphatic imine (C=N–C) groups is 1. The van der Waals surface area contributed by atoms with Gasteiger partial charge in [0.1, 0.15) is 5.56 Å². The Balaban J connectivity index is 1.86. The van der Waals surface area contributed by atoms with Crippen molar-refractivity contribution in [3.63, 3.8) is 0 Å². The molecule has 0 aliphatic heterocycles. The van der Waals surface area contributed by atoms with Crippen LogP contribution in [0.5, 0.6) is 5.88 Å². The molecule has 0 fully saturated rings. The molecule has 0 unspecified atom stereocenters. The van der Waals surface area contributed by atoms with E-state index < -0.39 is 17.1 Å². The van der Waals surface area contributed by atoms with Crippen LogP contribution in [-0.2, 0) is 0 Å². The van der Waals surface area contributed by atoms with Crippen molar-refractivity contribution in [2.45, 2.75) is 0 Å². The summed E-state index contributed by atoms with van der Waals surface area (Å²) in [5.74, 6) is -1.29. The highest BCUT2D eigenvalue weighted by Gasteiger charge is 2.31. The average molecular weight is 361 g/mol. The number of rotatable bonds is 2. The van der Waals surface area contributed by atoms with Gasteiger partial charge in [0.15, 0.2) is 11.6 Å². The van der Waals surface area contributed by atoms with E-state index in [1.807, 2.05) is 9.97 Å². The van der Waals surface area contributed by atoms with Crippen molar-refractivity contribution in [3.05, 3.63) is 91.1 Å². The first-order valence-corrected chi connectivity index (χ1v) is 7.88. The summed E-state index contributed by atoms with van der Waals surface area (Å²) in [7, 11) is 0. The van der Waals surface area contributed by atoms with Gasteiger partial charge in [-0.2, -0.15) is 0 Å². The lowest BCUT2D eigenvalue weighted by Gasteiger charge is -2.18. The lowest BCUT2D eigenvalue weighted by molar-refractivity contribution is 0.0979. The number of benzene rings is 2. The Hall–Kier alpha value is -4.07. The first-order chi connectivity index (χ1) is 13.0. The Labute approximate surface area is 150 Å². The lowest BCUT2D eigenvalue weighted by atomic mass is 9.83. The van der Waals surface area contributed by atoms with Gasteiger partial charge < -0.3 is 5.11 Å². The second-order valence-corrected chi connectivity index (χ2v) is 5.83. The van der Waals surface area contributed by atoms with Gasteiger partial charge in [-0.05, 0) is 6.07 Å². The number of hydrogen-bond donors (Lipinski definition) is 3. The number of hydrogen-bond acceptors (Lipinski definition) is 6. The molecule has 27 heavy (non-hydrogen) atoms. The normalized spacial score (nSPS) is 12.9. The van der Waals surface area contributed by atoms with Gasteiger partial charge in [0.25, 0.3) is 5.56 Å². The summed E-state index contributed by atoms with van der Waals surface area (Å²) in [4.78, 5) is 56.6. The summed E-state index contributed by atoms with van der Waals surface area (Å²) in [5.41, 5.74) is -0.854. The standard InChI is InChI=1S/C19H11N3O5/c23-15-9-4-1-2-5-10(9)16(24)14-11(15)6-3-7-13(14)20-8-12-17(25)21-19(27)22-18(12)26/h1-8H,(H3,21,22,25,26,27). The van der Waals surface area contributed by atoms with E-state index in [1.165, 1.54) is 12.1 Å². The molecule has 8 heteroatoms. The Morgan fingerprint density at radius 1 is 0.815 bits per heavy atom. The number of nitrogens with zero attached hydrogens (tertiary/aromatic N) is 1. The summed E-state index contributed by atoms with van der Waals surface area (Å²) >= 11 is 0. The second-order valence-electron chi connectivity index (χ2n) is 5.83. The summed E-state index contributed by atoms with van der Waals surface area (Å²) < 4.78 is 0. The Kier molecular flexibility index (Phi) is 3.66. The molecule has 0 saturated heterocycles. The van der Waals surface area contributed by atoms with Crippen LogP contribution in [-0.4, -0.2) is 32.9 Å². The molecule has 8 nitrogen and oxygen atoms in total. The minimum atomic E-state index is -0.857. The molecule has 4 rings (SSSR count). The highest BCUT2D eigenvalue weighted by molar-refractivity contribution is 6.30. The first kappa shape index (κ1) is 16.4. The van der Waals surface area contributed by atoms with Gasteiger partial charge in [-0.3, -0.25) is 29.3 Å². The second kappa shape index (κ2) is 6.03. The van der Waals surface area contributed by atoms with Crippen LogP contribution in [0.2, 0.25) is 0 Å². The molecule has 1 heterocycles. The zero-order valence-corrected chi connectivity index (χ0v) is 13.6. The number of carbonyl (C=O) groups excluding carboxylic acids is 2. The van der Waals surface area contributed by atoms with Crippen LogP contribution in [0.1, 0.15) is 37.4 Å². The maximum Gasteiger partial charge on any atom is 0.328 e. The van der Waals surface area contributed by atoms with Crippen molar-refractivity contribution < 1.29 is 14.7 Å². The van der Waals surface area contributed by atoms with Crippen LogP contribution in [0.25, 0.3) is 0 Å². The van der Waals surface area contributed by atoms with Gasteiger partial charge in [0.2, 0.25) is 5.88 Å². The summed E-state index contributed by atoms with van der Waals surface area (Å²) in [6.07, 6.45) is 1.03. The van der Waals surface area contributed by atoms with E-state index in [0.29, 0.717) is 5.56 Å². The fourth-order valence-electron chi connectivity index (χ4n) is 2.97. The monoisotopic (exact) mass is 361 g/mol. The van der Waals surface area contributed by atoms with Gasteiger partial charge in [0, 0.05) is 22.9 Å². The number of aromatic hydroxyl groups is 1. The van der Waals surface area contributed by atoms with E-state index in [-0.39, 0.29) is 39.5 Å². The quantitative estimate of drug-likeness (QED) is 0.463. The minimum Gasteiger partial charge on any atom is -0.494 e. The zero-order chi connectivity index (χ0) is 19.1. The molecular weight excluding hydrogens is 350 g/mol.